The van der Waals surface area contributed by atoms with Crippen molar-refractivity contribution in [1.82, 2.24) is 0 Å². The highest BCUT2D eigenvalue weighted by atomic mass is 16.5. The SMILES string of the molecule is COc1ccc(NC(=O)CCN2C(=O)C(C)(C)Oc3ccccc32)cc1OC. The van der Waals surface area contributed by atoms with Crippen molar-refractivity contribution in [3.05, 3.63) is 42.5 Å². The summed E-state index contributed by atoms with van der Waals surface area (Å²) in [5.41, 5.74) is 0.288. The van der Waals surface area contributed by atoms with Gasteiger partial charge < -0.3 is 24.4 Å². The number of carbonyl (C=O) groups excluding carboxylic acids is 2. The van der Waals surface area contributed by atoms with Crippen molar-refractivity contribution in [2.24, 2.45) is 0 Å². The number of nitrogens with one attached hydrogen (secondary N) is 1. The first-order valence-electron chi connectivity index (χ1n) is 8.97. The topological polar surface area (TPSA) is 77.1 Å². The van der Waals surface area contributed by atoms with Crippen molar-refractivity contribution in [2.45, 2.75) is 25.9 Å². The number of amides is 2. The molecule has 2 amide bonds. The van der Waals surface area contributed by atoms with Gasteiger partial charge in [-0.2, -0.15) is 0 Å². The van der Waals surface area contributed by atoms with Crippen LogP contribution in [0.5, 0.6) is 17.2 Å². The molecule has 1 aliphatic heterocycles. The van der Waals surface area contributed by atoms with Gasteiger partial charge in [-0.3, -0.25) is 9.59 Å². The third kappa shape index (κ3) is 3.88. The normalized spacial score (nSPS) is 14.7. The minimum atomic E-state index is -0.978. The molecule has 0 spiro atoms. The molecule has 7 nitrogen and oxygen atoms in total. The lowest BCUT2D eigenvalue weighted by atomic mass is 10.0. The van der Waals surface area contributed by atoms with E-state index < -0.39 is 5.60 Å². The maximum atomic E-state index is 12.8. The van der Waals surface area contributed by atoms with Crippen LogP contribution in [0.4, 0.5) is 11.4 Å². The van der Waals surface area contributed by atoms with Crippen LogP contribution >= 0.6 is 0 Å². The Bertz CT molecular complexity index is 894. The van der Waals surface area contributed by atoms with E-state index in [0.717, 1.165) is 0 Å². The van der Waals surface area contributed by atoms with Crippen LogP contribution in [0.2, 0.25) is 0 Å². The molecule has 148 valence electrons. The summed E-state index contributed by atoms with van der Waals surface area (Å²) in [6.07, 6.45) is 0.143. The third-order valence-corrected chi connectivity index (χ3v) is 4.51. The molecule has 2 aromatic rings. The van der Waals surface area contributed by atoms with E-state index in [1.807, 2.05) is 24.3 Å². The highest BCUT2D eigenvalue weighted by molar-refractivity contribution is 6.03. The molecule has 1 aliphatic rings. The first kappa shape index (κ1) is 19.5. The van der Waals surface area contributed by atoms with Gasteiger partial charge in [0.1, 0.15) is 5.75 Å². The molecule has 0 aromatic heterocycles. The van der Waals surface area contributed by atoms with Crippen LogP contribution in [0.15, 0.2) is 42.5 Å². The van der Waals surface area contributed by atoms with Gasteiger partial charge in [-0.25, -0.2) is 0 Å². The van der Waals surface area contributed by atoms with Gasteiger partial charge in [0.2, 0.25) is 5.91 Å². The summed E-state index contributed by atoms with van der Waals surface area (Å²) in [6, 6.07) is 12.5. The zero-order chi connectivity index (χ0) is 20.3. The van der Waals surface area contributed by atoms with Crippen LogP contribution in [0.3, 0.4) is 0 Å². The molecule has 1 heterocycles. The number of ether oxygens (including phenoxy) is 3. The number of para-hydroxylation sites is 2. The molecule has 0 atom stereocenters. The van der Waals surface area contributed by atoms with Crippen molar-refractivity contribution in [3.8, 4) is 17.2 Å². The first-order chi connectivity index (χ1) is 13.4. The van der Waals surface area contributed by atoms with Crippen LogP contribution in [0.25, 0.3) is 0 Å². The predicted octanol–water partition coefficient (Wildman–Crippen LogP) is 3.24. The highest BCUT2D eigenvalue weighted by Gasteiger charge is 2.40. The summed E-state index contributed by atoms with van der Waals surface area (Å²) in [5.74, 6) is 1.36. The van der Waals surface area contributed by atoms with Gasteiger partial charge >= 0.3 is 0 Å². The largest absolute Gasteiger partial charge is 0.493 e. The van der Waals surface area contributed by atoms with Gasteiger partial charge in [0.25, 0.3) is 5.91 Å². The van der Waals surface area contributed by atoms with Gasteiger partial charge in [0.15, 0.2) is 17.1 Å². The minimum Gasteiger partial charge on any atom is -0.493 e. The summed E-state index contributed by atoms with van der Waals surface area (Å²) < 4.78 is 16.2. The third-order valence-electron chi connectivity index (χ3n) is 4.51. The monoisotopic (exact) mass is 384 g/mol. The summed E-state index contributed by atoms with van der Waals surface area (Å²) in [7, 11) is 3.08. The lowest BCUT2D eigenvalue weighted by molar-refractivity contribution is -0.132. The molecule has 28 heavy (non-hydrogen) atoms. The molecule has 0 unspecified atom stereocenters. The van der Waals surface area contributed by atoms with Crippen LogP contribution in [-0.4, -0.2) is 38.2 Å². The molecule has 0 fully saturated rings. The minimum absolute atomic E-state index is 0.143. The average molecular weight is 384 g/mol. The van der Waals surface area contributed by atoms with Crippen LogP contribution in [-0.2, 0) is 9.59 Å². The standard InChI is InChI=1S/C21H24N2O5/c1-21(2)20(25)23(15-7-5-6-8-16(15)28-21)12-11-19(24)22-14-9-10-17(26-3)18(13-14)27-4/h5-10,13H,11-12H2,1-4H3,(H,22,24). The number of carbonyl (C=O) groups is 2. The van der Waals surface area contributed by atoms with Crippen molar-refractivity contribution in [2.75, 3.05) is 31.0 Å². The Morgan fingerprint density at radius 1 is 1.11 bits per heavy atom. The van der Waals surface area contributed by atoms with Gasteiger partial charge in [-0.1, -0.05) is 12.1 Å². The second kappa shape index (κ2) is 7.80. The molecule has 2 aromatic carbocycles. The van der Waals surface area contributed by atoms with Crippen molar-refractivity contribution in [3.63, 3.8) is 0 Å². The number of anilines is 2. The van der Waals surface area contributed by atoms with E-state index in [9.17, 15) is 9.59 Å². The van der Waals surface area contributed by atoms with E-state index in [4.69, 9.17) is 14.2 Å². The molecular weight excluding hydrogens is 360 g/mol. The predicted molar refractivity (Wildman–Crippen MR) is 106 cm³/mol. The van der Waals surface area contributed by atoms with Crippen LogP contribution in [0.1, 0.15) is 20.3 Å². The lowest BCUT2D eigenvalue weighted by Crippen LogP contribution is -2.53. The first-order valence-corrected chi connectivity index (χ1v) is 8.97. The maximum Gasteiger partial charge on any atom is 0.270 e. The molecule has 1 N–H and O–H groups in total. The summed E-state index contributed by atoms with van der Waals surface area (Å²) in [5, 5.41) is 2.82. The Morgan fingerprint density at radius 3 is 2.54 bits per heavy atom. The fraction of sp³-hybridized carbons (Fsp3) is 0.333. The van der Waals surface area contributed by atoms with Crippen LogP contribution in [0, 0.1) is 0 Å². The van der Waals surface area contributed by atoms with E-state index in [-0.39, 0.29) is 24.8 Å². The lowest BCUT2D eigenvalue weighted by Gasteiger charge is -2.38. The van der Waals surface area contributed by atoms with Gasteiger partial charge in [-0.05, 0) is 38.1 Å². The average Bonchev–Trinajstić information content (AvgIpc) is 2.68. The zero-order valence-corrected chi connectivity index (χ0v) is 16.4. The van der Waals surface area contributed by atoms with Gasteiger partial charge in [0, 0.05) is 24.7 Å². The molecular formula is C21H24N2O5. The Labute approximate surface area is 164 Å². The Kier molecular flexibility index (Phi) is 5.44. The number of methoxy groups -OCH3 is 2. The Morgan fingerprint density at radius 2 is 1.82 bits per heavy atom. The van der Waals surface area contributed by atoms with Gasteiger partial charge in [0.05, 0.1) is 19.9 Å². The van der Waals surface area contributed by atoms with E-state index in [2.05, 4.69) is 5.32 Å². The number of hydrogen-bond donors (Lipinski definition) is 1. The van der Waals surface area contributed by atoms with E-state index in [0.29, 0.717) is 28.6 Å². The smallest absolute Gasteiger partial charge is 0.270 e. The summed E-state index contributed by atoms with van der Waals surface area (Å²) in [6.45, 7) is 3.70. The van der Waals surface area contributed by atoms with E-state index >= 15 is 0 Å². The summed E-state index contributed by atoms with van der Waals surface area (Å²) >= 11 is 0. The second-order valence-electron chi connectivity index (χ2n) is 6.90. The maximum absolute atomic E-state index is 12.8. The number of hydrogen-bond acceptors (Lipinski definition) is 5. The molecule has 0 saturated heterocycles. The van der Waals surface area contributed by atoms with E-state index in [1.54, 1.807) is 44.1 Å². The zero-order valence-electron chi connectivity index (χ0n) is 16.4. The Balaban J connectivity index is 1.70. The molecule has 0 bridgehead atoms. The van der Waals surface area contributed by atoms with Gasteiger partial charge in [-0.15, -0.1) is 0 Å². The van der Waals surface area contributed by atoms with Crippen molar-refractivity contribution >= 4 is 23.2 Å². The quantitative estimate of drug-likeness (QED) is 0.827. The fourth-order valence-corrected chi connectivity index (χ4v) is 3.09. The number of rotatable bonds is 6. The fourth-order valence-electron chi connectivity index (χ4n) is 3.09. The van der Waals surface area contributed by atoms with Crippen LogP contribution < -0.4 is 24.4 Å². The molecule has 0 radical (unpaired) electrons. The highest BCUT2D eigenvalue weighted by Crippen LogP contribution is 2.37. The molecule has 7 heteroatoms. The number of fused-ring (bicyclic) bond motifs is 1. The molecule has 0 saturated carbocycles. The Hall–Kier alpha value is -3.22. The van der Waals surface area contributed by atoms with E-state index in [1.165, 1.54) is 7.11 Å². The molecule has 0 aliphatic carbocycles. The van der Waals surface area contributed by atoms with Crippen molar-refractivity contribution in [1.29, 1.82) is 0 Å². The van der Waals surface area contributed by atoms with Crippen molar-refractivity contribution < 1.29 is 23.8 Å². The number of benzene rings is 2. The second-order valence-corrected chi connectivity index (χ2v) is 6.90. The molecule has 3 rings (SSSR count). The number of nitrogens with zero attached hydrogens (tertiary/aromatic N) is 1. The summed E-state index contributed by atoms with van der Waals surface area (Å²) in [4.78, 5) is 26.8.